The van der Waals surface area contributed by atoms with Crippen molar-refractivity contribution in [1.29, 1.82) is 0 Å². The number of hydrogen-bond donors (Lipinski definition) is 1. The molecule has 0 aliphatic rings. The van der Waals surface area contributed by atoms with E-state index in [4.69, 9.17) is 9.47 Å². The predicted octanol–water partition coefficient (Wildman–Crippen LogP) is 3.34. The Labute approximate surface area is 169 Å². The highest BCUT2D eigenvalue weighted by Crippen LogP contribution is 2.29. The van der Waals surface area contributed by atoms with E-state index in [2.05, 4.69) is 26.9 Å². The Kier molecular flexibility index (Phi) is 7.27. The number of aromatic nitrogens is 4. The fourth-order valence-corrected chi connectivity index (χ4v) is 3.41. The number of ether oxygens (including phenoxy) is 2. The van der Waals surface area contributed by atoms with Crippen LogP contribution in [0.15, 0.2) is 53.7 Å². The van der Waals surface area contributed by atoms with E-state index in [0.29, 0.717) is 0 Å². The van der Waals surface area contributed by atoms with Crippen LogP contribution in [0.5, 0.6) is 11.5 Å². The number of tetrazole rings is 1. The number of methoxy groups -OCH3 is 1. The van der Waals surface area contributed by atoms with Gasteiger partial charge in [-0.3, -0.25) is 0 Å². The molecule has 0 aliphatic heterocycles. The first kappa shape index (κ1) is 20.2. The molecule has 8 heteroatoms. The Bertz CT molecular complexity index is 870. The highest BCUT2D eigenvalue weighted by atomic mass is 32.2. The maximum Gasteiger partial charge on any atom is 0.214 e. The van der Waals surface area contributed by atoms with E-state index >= 15 is 0 Å². The first-order chi connectivity index (χ1) is 13.7. The van der Waals surface area contributed by atoms with Crippen molar-refractivity contribution in [3.63, 3.8) is 0 Å². The molecular formula is C20H25N5O2S. The number of para-hydroxylation sites is 1. The molecule has 0 atom stereocenters. The summed E-state index contributed by atoms with van der Waals surface area (Å²) in [5.41, 5.74) is 2.10. The Hall–Kier alpha value is -2.58. The molecule has 0 fully saturated rings. The lowest BCUT2D eigenvalue weighted by Crippen LogP contribution is -2.17. The molecule has 28 heavy (non-hydrogen) atoms. The summed E-state index contributed by atoms with van der Waals surface area (Å²) < 4.78 is 12.9. The van der Waals surface area contributed by atoms with Gasteiger partial charge in [0.25, 0.3) is 0 Å². The van der Waals surface area contributed by atoms with Crippen LogP contribution in [0.25, 0.3) is 5.69 Å². The van der Waals surface area contributed by atoms with Crippen molar-refractivity contribution in [2.24, 2.45) is 0 Å². The summed E-state index contributed by atoms with van der Waals surface area (Å²) in [4.78, 5) is 0. The molecule has 1 N–H and O–H groups in total. The van der Waals surface area contributed by atoms with Gasteiger partial charge in [-0.1, -0.05) is 36.0 Å². The van der Waals surface area contributed by atoms with Crippen LogP contribution in [0, 0.1) is 0 Å². The monoisotopic (exact) mass is 399 g/mol. The van der Waals surface area contributed by atoms with Crippen LogP contribution in [-0.2, 0) is 6.54 Å². The highest BCUT2D eigenvalue weighted by molar-refractivity contribution is 7.99. The number of nitrogens with one attached hydrogen (secondary N) is 1. The minimum absolute atomic E-state index is 0.113. The summed E-state index contributed by atoms with van der Waals surface area (Å²) in [5, 5.41) is 16.2. The van der Waals surface area contributed by atoms with Crippen LogP contribution >= 0.6 is 11.8 Å². The zero-order valence-corrected chi connectivity index (χ0v) is 17.1. The molecule has 0 saturated carbocycles. The van der Waals surface area contributed by atoms with Gasteiger partial charge in [0.1, 0.15) is 0 Å². The predicted molar refractivity (Wildman–Crippen MR) is 110 cm³/mol. The van der Waals surface area contributed by atoms with Crippen LogP contribution in [0.3, 0.4) is 0 Å². The Morgan fingerprint density at radius 3 is 2.68 bits per heavy atom. The third-order valence-corrected chi connectivity index (χ3v) is 4.79. The first-order valence-corrected chi connectivity index (χ1v) is 10.2. The molecule has 0 saturated heterocycles. The molecule has 0 aliphatic carbocycles. The molecule has 0 unspecified atom stereocenters. The Morgan fingerprint density at radius 1 is 1.11 bits per heavy atom. The number of thioether (sulfide) groups is 1. The van der Waals surface area contributed by atoms with Crippen molar-refractivity contribution in [3.05, 3.63) is 54.1 Å². The Balaban J connectivity index is 1.48. The fourth-order valence-electron chi connectivity index (χ4n) is 2.62. The molecule has 1 heterocycles. The van der Waals surface area contributed by atoms with E-state index < -0.39 is 0 Å². The van der Waals surface area contributed by atoms with Crippen LogP contribution in [-0.4, -0.2) is 45.7 Å². The van der Waals surface area contributed by atoms with Crippen LogP contribution < -0.4 is 14.8 Å². The van der Waals surface area contributed by atoms with E-state index in [-0.39, 0.29) is 6.10 Å². The van der Waals surface area contributed by atoms with Gasteiger partial charge in [-0.25, -0.2) is 0 Å². The van der Waals surface area contributed by atoms with E-state index in [1.807, 2.05) is 56.3 Å². The SMILES string of the molecule is COc1cc(CNCCSc2nnnn2-c2ccccc2)ccc1OC(C)C. The molecule has 148 valence electrons. The average molecular weight is 400 g/mol. The lowest BCUT2D eigenvalue weighted by Gasteiger charge is -2.14. The second-order valence-electron chi connectivity index (χ2n) is 6.39. The quantitative estimate of drug-likeness (QED) is 0.414. The molecule has 0 amide bonds. The third kappa shape index (κ3) is 5.46. The van der Waals surface area contributed by atoms with Crippen LogP contribution in [0.1, 0.15) is 19.4 Å². The van der Waals surface area contributed by atoms with Gasteiger partial charge in [0.15, 0.2) is 11.5 Å². The molecule has 2 aromatic carbocycles. The summed E-state index contributed by atoms with van der Waals surface area (Å²) in [6.07, 6.45) is 0.113. The Morgan fingerprint density at radius 2 is 1.93 bits per heavy atom. The minimum atomic E-state index is 0.113. The number of hydrogen-bond acceptors (Lipinski definition) is 7. The van der Waals surface area contributed by atoms with Gasteiger partial charge in [-0.2, -0.15) is 4.68 Å². The average Bonchev–Trinajstić information content (AvgIpc) is 3.17. The van der Waals surface area contributed by atoms with Gasteiger partial charge < -0.3 is 14.8 Å². The second-order valence-corrected chi connectivity index (χ2v) is 7.45. The minimum Gasteiger partial charge on any atom is -0.493 e. The molecule has 0 bridgehead atoms. The summed E-state index contributed by atoms with van der Waals surface area (Å²) in [6.45, 7) is 5.59. The number of benzene rings is 2. The zero-order chi connectivity index (χ0) is 19.8. The smallest absolute Gasteiger partial charge is 0.214 e. The molecule has 0 spiro atoms. The molecule has 3 rings (SSSR count). The normalized spacial score (nSPS) is 11.0. The van der Waals surface area contributed by atoms with E-state index in [9.17, 15) is 0 Å². The van der Waals surface area contributed by atoms with Gasteiger partial charge in [-0.05, 0) is 54.1 Å². The molecule has 0 radical (unpaired) electrons. The van der Waals surface area contributed by atoms with Gasteiger partial charge in [0.2, 0.25) is 5.16 Å². The maximum atomic E-state index is 5.75. The summed E-state index contributed by atoms with van der Waals surface area (Å²) in [7, 11) is 1.66. The maximum absolute atomic E-state index is 5.75. The molecule has 1 aromatic heterocycles. The van der Waals surface area contributed by atoms with Crippen LogP contribution in [0.2, 0.25) is 0 Å². The van der Waals surface area contributed by atoms with Crippen molar-refractivity contribution in [2.75, 3.05) is 19.4 Å². The number of nitrogens with zero attached hydrogens (tertiary/aromatic N) is 4. The summed E-state index contributed by atoms with van der Waals surface area (Å²) >= 11 is 1.62. The summed E-state index contributed by atoms with van der Waals surface area (Å²) in [5.74, 6) is 2.38. The fraction of sp³-hybridized carbons (Fsp3) is 0.350. The van der Waals surface area contributed by atoms with Gasteiger partial charge in [-0.15, -0.1) is 5.10 Å². The van der Waals surface area contributed by atoms with Crippen molar-refractivity contribution in [2.45, 2.75) is 31.7 Å². The zero-order valence-electron chi connectivity index (χ0n) is 16.3. The van der Waals surface area contributed by atoms with Crippen molar-refractivity contribution in [3.8, 4) is 17.2 Å². The summed E-state index contributed by atoms with van der Waals surface area (Å²) in [6, 6.07) is 15.9. The van der Waals surface area contributed by atoms with Crippen molar-refractivity contribution in [1.82, 2.24) is 25.5 Å². The molecular weight excluding hydrogens is 374 g/mol. The van der Waals surface area contributed by atoms with Gasteiger partial charge in [0, 0.05) is 18.8 Å². The first-order valence-electron chi connectivity index (χ1n) is 9.18. The third-order valence-electron chi connectivity index (χ3n) is 3.87. The van der Waals surface area contributed by atoms with Crippen molar-refractivity contribution >= 4 is 11.8 Å². The van der Waals surface area contributed by atoms with Gasteiger partial charge in [0.05, 0.1) is 18.9 Å². The lowest BCUT2D eigenvalue weighted by atomic mass is 10.2. The largest absolute Gasteiger partial charge is 0.493 e. The van der Waals surface area contributed by atoms with Crippen LogP contribution in [0.4, 0.5) is 0 Å². The number of rotatable bonds is 10. The lowest BCUT2D eigenvalue weighted by molar-refractivity contribution is 0.230. The highest BCUT2D eigenvalue weighted by Gasteiger charge is 2.09. The molecule has 7 nitrogen and oxygen atoms in total. The standard InChI is InChI=1S/C20H25N5O2S/c1-15(2)27-18-10-9-16(13-19(18)26-3)14-21-11-12-28-20-22-23-24-25(20)17-7-5-4-6-8-17/h4-10,13,15,21H,11-12,14H2,1-3H3. The topological polar surface area (TPSA) is 74.1 Å². The van der Waals surface area contributed by atoms with Gasteiger partial charge >= 0.3 is 0 Å². The molecule has 3 aromatic rings. The van der Waals surface area contributed by atoms with E-state index in [1.54, 1.807) is 23.6 Å². The van der Waals surface area contributed by atoms with E-state index in [1.165, 1.54) is 0 Å². The van der Waals surface area contributed by atoms with E-state index in [0.717, 1.165) is 46.7 Å². The second kappa shape index (κ2) is 10.1. The van der Waals surface area contributed by atoms with Crippen molar-refractivity contribution < 1.29 is 9.47 Å².